The summed E-state index contributed by atoms with van der Waals surface area (Å²) in [4.78, 5) is 0. The Balaban J connectivity index is 2.09. The predicted molar refractivity (Wildman–Crippen MR) is 79.2 cm³/mol. The number of rotatable bonds is 9. The number of aliphatic hydroxyl groups excluding tert-OH is 1. The van der Waals surface area contributed by atoms with Gasteiger partial charge in [0.2, 0.25) is 0 Å². The molecule has 1 aliphatic rings. The second kappa shape index (κ2) is 8.41. The molecule has 0 aromatic carbocycles. The Morgan fingerprint density at radius 1 is 1.28 bits per heavy atom. The van der Waals surface area contributed by atoms with Gasteiger partial charge in [0.25, 0.3) is 0 Å². The predicted octanol–water partition coefficient (Wildman–Crippen LogP) is 2.29. The van der Waals surface area contributed by atoms with Crippen molar-refractivity contribution in [2.75, 3.05) is 32.6 Å². The lowest BCUT2D eigenvalue weighted by Crippen LogP contribution is -2.40. The van der Waals surface area contributed by atoms with Crippen molar-refractivity contribution in [2.45, 2.75) is 50.4 Å². The Kier molecular flexibility index (Phi) is 7.61. The van der Waals surface area contributed by atoms with Gasteiger partial charge in [0.15, 0.2) is 0 Å². The monoisotopic (exact) mass is 275 g/mol. The molecular formula is C14H29NO2S. The molecule has 1 atom stereocenters. The SMILES string of the molecule is CSC1(CNCC(O)COCC(C)C)CCCC1. The zero-order valence-corrected chi connectivity index (χ0v) is 12.9. The van der Waals surface area contributed by atoms with Crippen LogP contribution in [-0.2, 0) is 4.74 Å². The highest BCUT2D eigenvalue weighted by atomic mass is 32.2. The summed E-state index contributed by atoms with van der Waals surface area (Å²) in [6, 6.07) is 0. The number of thioether (sulfide) groups is 1. The lowest BCUT2D eigenvalue weighted by molar-refractivity contribution is 0.0260. The number of hydrogen-bond donors (Lipinski definition) is 2. The van der Waals surface area contributed by atoms with Gasteiger partial charge in [-0.3, -0.25) is 0 Å². The van der Waals surface area contributed by atoms with Crippen LogP contribution in [0.25, 0.3) is 0 Å². The van der Waals surface area contributed by atoms with Crippen molar-refractivity contribution in [3.8, 4) is 0 Å². The lowest BCUT2D eigenvalue weighted by atomic mass is 10.1. The molecule has 4 heteroatoms. The van der Waals surface area contributed by atoms with Crippen LogP contribution in [0.2, 0.25) is 0 Å². The fourth-order valence-corrected chi connectivity index (χ4v) is 3.38. The van der Waals surface area contributed by atoms with Crippen molar-refractivity contribution >= 4 is 11.8 Å². The van der Waals surface area contributed by atoms with Crippen molar-refractivity contribution in [2.24, 2.45) is 5.92 Å². The van der Waals surface area contributed by atoms with Crippen molar-refractivity contribution in [1.82, 2.24) is 5.32 Å². The molecule has 1 unspecified atom stereocenters. The maximum Gasteiger partial charge on any atom is 0.0897 e. The number of nitrogens with one attached hydrogen (secondary N) is 1. The van der Waals surface area contributed by atoms with Crippen molar-refractivity contribution in [3.05, 3.63) is 0 Å². The van der Waals surface area contributed by atoms with Gasteiger partial charge in [-0.2, -0.15) is 11.8 Å². The zero-order chi connectivity index (χ0) is 13.4. The first-order valence-corrected chi connectivity index (χ1v) is 8.32. The number of hydrogen-bond acceptors (Lipinski definition) is 4. The summed E-state index contributed by atoms with van der Waals surface area (Å²) in [5, 5.41) is 13.2. The van der Waals surface area contributed by atoms with Gasteiger partial charge in [-0.05, 0) is 25.0 Å². The molecule has 18 heavy (non-hydrogen) atoms. The average molecular weight is 275 g/mol. The highest BCUT2D eigenvalue weighted by Crippen LogP contribution is 2.39. The fourth-order valence-electron chi connectivity index (χ4n) is 2.44. The van der Waals surface area contributed by atoms with Gasteiger partial charge in [-0.15, -0.1) is 0 Å². The van der Waals surface area contributed by atoms with E-state index in [1.54, 1.807) is 0 Å². The third-order valence-corrected chi connectivity index (χ3v) is 4.95. The average Bonchev–Trinajstić information content (AvgIpc) is 2.78. The van der Waals surface area contributed by atoms with Crippen molar-refractivity contribution < 1.29 is 9.84 Å². The highest BCUT2D eigenvalue weighted by molar-refractivity contribution is 8.00. The second-order valence-corrected chi connectivity index (χ2v) is 7.08. The van der Waals surface area contributed by atoms with E-state index in [-0.39, 0.29) is 6.10 Å². The van der Waals surface area contributed by atoms with E-state index >= 15 is 0 Å². The summed E-state index contributed by atoms with van der Waals surface area (Å²) in [5.41, 5.74) is 0. The van der Waals surface area contributed by atoms with E-state index in [1.807, 2.05) is 11.8 Å². The van der Waals surface area contributed by atoms with Crippen LogP contribution < -0.4 is 5.32 Å². The van der Waals surface area contributed by atoms with Gasteiger partial charge >= 0.3 is 0 Å². The molecule has 1 rings (SSSR count). The number of aliphatic hydroxyl groups is 1. The van der Waals surface area contributed by atoms with E-state index < -0.39 is 0 Å². The quantitative estimate of drug-likeness (QED) is 0.677. The first-order chi connectivity index (χ1) is 8.58. The Bertz CT molecular complexity index is 218. The van der Waals surface area contributed by atoms with E-state index in [2.05, 4.69) is 25.4 Å². The minimum absolute atomic E-state index is 0.385. The summed E-state index contributed by atoms with van der Waals surface area (Å²) in [6.07, 6.45) is 7.13. The van der Waals surface area contributed by atoms with Crippen LogP contribution in [0, 0.1) is 5.92 Å². The van der Waals surface area contributed by atoms with Crippen molar-refractivity contribution in [3.63, 3.8) is 0 Å². The van der Waals surface area contributed by atoms with E-state index in [4.69, 9.17) is 4.74 Å². The van der Waals surface area contributed by atoms with Gasteiger partial charge in [0.05, 0.1) is 12.7 Å². The molecule has 0 aromatic rings. The zero-order valence-electron chi connectivity index (χ0n) is 12.1. The van der Waals surface area contributed by atoms with Crippen LogP contribution in [0.3, 0.4) is 0 Å². The van der Waals surface area contributed by atoms with E-state index in [0.717, 1.165) is 13.2 Å². The third kappa shape index (κ3) is 5.91. The van der Waals surface area contributed by atoms with E-state index in [1.165, 1.54) is 25.7 Å². The molecule has 2 N–H and O–H groups in total. The topological polar surface area (TPSA) is 41.5 Å². The van der Waals surface area contributed by atoms with Crippen LogP contribution in [0.1, 0.15) is 39.5 Å². The molecule has 1 saturated carbocycles. The van der Waals surface area contributed by atoms with Crippen LogP contribution in [0.4, 0.5) is 0 Å². The molecule has 0 aliphatic heterocycles. The number of ether oxygens (including phenoxy) is 1. The molecule has 0 spiro atoms. The molecule has 0 radical (unpaired) electrons. The maximum absolute atomic E-state index is 9.80. The third-order valence-electron chi connectivity index (χ3n) is 3.54. The minimum atomic E-state index is -0.385. The van der Waals surface area contributed by atoms with Crippen molar-refractivity contribution in [1.29, 1.82) is 0 Å². The minimum Gasteiger partial charge on any atom is -0.389 e. The summed E-state index contributed by atoms with van der Waals surface area (Å²) >= 11 is 1.98. The standard InChI is InChI=1S/C14H29NO2S/c1-12(2)9-17-10-13(16)8-15-11-14(18-3)6-4-5-7-14/h12-13,15-16H,4-11H2,1-3H3. The fraction of sp³-hybridized carbons (Fsp3) is 1.00. The van der Waals surface area contributed by atoms with Gasteiger partial charge in [0, 0.05) is 24.4 Å². The molecular weight excluding hydrogens is 246 g/mol. The van der Waals surface area contributed by atoms with Gasteiger partial charge < -0.3 is 15.2 Å². The van der Waals surface area contributed by atoms with Gasteiger partial charge in [0.1, 0.15) is 0 Å². The molecule has 0 amide bonds. The summed E-state index contributed by atoms with van der Waals surface area (Å²) in [6.45, 7) is 7.05. The maximum atomic E-state index is 9.80. The van der Waals surface area contributed by atoms with Gasteiger partial charge in [-0.25, -0.2) is 0 Å². The van der Waals surface area contributed by atoms with Crippen LogP contribution in [0.15, 0.2) is 0 Å². The largest absolute Gasteiger partial charge is 0.389 e. The normalized spacial score (nSPS) is 20.5. The first-order valence-electron chi connectivity index (χ1n) is 7.10. The summed E-state index contributed by atoms with van der Waals surface area (Å²) < 4.78 is 5.85. The van der Waals surface area contributed by atoms with Crippen LogP contribution in [-0.4, -0.2) is 48.5 Å². The summed E-state index contributed by atoms with van der Waals surface area (Å²) in [7, 11) is 0. The lowest BCUT2D eigenvalue weighted by Gasteiger charge is -2.27. The Morgan fingerprint density at radius 3 is 2.50 bits per heavy atom. The first kappa shape index (κ1) is 16.3. The van der Waals surface area contributed by atoms with E-state index in [9.17, 15) is 5.11 Å². The smallest absolute Gasteiger partial charge is 0.0897 e. The molecule has 0 saturated heterocycles. The summed E-state index contributed by atoms with van der Waals surface area (Å²) in [5.74, 6) is 0.531. The van der Waals surface area contributed by atoms with Gasteiger partial charge in [-0.1, -0.05) is 26.7 Å². The van der Waals surface area contributed by atoms with Crippen LogP contribution >= 0.6 is 11.8 Å². The highest BCUT2D eigenvalue weighted by Gasteiger charge is 2.32. The molecule has 1 fully saturated rings. The Hall–Kier alpha value is 0.230. The second-order valence-electron chi connectivity index (χ2n) is 5.81. The molecule has 0 bridgehead atoms. The van der Waals surface area contributed by atoms with Crippen LogP contribution in [0.5, 0.6) is 0 Å². The Labute approximate surface area is 116 Å². The molecule has 1 aliphatic carbocycles. The molecule has 108 valence electrons. The molecule has 3 nitrogen and oxygen atoms in total. The van der Waals surface area contributed by atoms with E-state index in [0.29, 0.717) is 23.8 Å². The Morgan fingerprint density at radius 2 is 1.94 bits per heavy atom. The molecule has 0 aromatic heterocycles. The molecule has 0 heterocycles.